The van der Waals surface area contributed by atoms with Crippen molar-refractivity contribution in [2.45, 2.75) is 39.3 Å². The molecule has 1 fully saturated rings. The largest absolute Gasteiger partial charge is 0.493 e. The van der Waals surface area contributed by atoms with E-state index in [0.29, 0.717) is 19.7 Å². The summed E-state index contributed by atoms with van der Waals surface area (Å²) in [6, 6.07) is 8.12. The number of nitrogens with one attached hydrogen (secondary N) is 2. The van der Waals surface area contributed by atoms with E-state index in [0.717, 1.165) is 54.4 Å². The lowest BCUT2D eigenvalue weighted by molar-refractivity contribution is 0.195. The number of benzene rings is 1. The van der Waals surface area contributed by atoms with Gasteiger partial charge in [-0.15, -0.1) is 34.2 Å². The van der Waals surface area contributed by atoms with E-state index in [-0.39, 0.29) is 24.0 Å². The Kier molecular flexibility index (Phi) is 10.4. The zero-order chi connectivity index (χ0) is 20.5. The van der Waals surface area contributed by atoms with Crippen LogP contribution < -0.4 is 15.4 Å². The van der Waals surface area contributed by atoms with Crippen LogP contribution in [0.2, 0.25) is 0 Å². The first-order valence-corrected chi connectivity index (χ1v) is 10.2. The molecule has 0 unspecified atom stereocenters. The number of aromatic nitrogens is 3. The van der Waals surface area contributed by atoms with Crippen molar-refractivity contribution in [3.63, 3.8) is 0 Å². The molecule has 0 atom stereocenters. The van der Waals surface area contributed by atoms with Crippen molar-refractivity contribution in [2.24, 2.45) is 18.0 Å². The average molecular weight is 528 g/mol. The molecule has 3 rings (SSSR count). The van der Waals surface area contributed by atoms with Gasteiger partial charge in [0.05, 0.1) is 19.7 Å². The normalized spacial score (nSPS) is 13.6. The Morgan fingerprint density at radius 2 is 2.03 bits per heavy atom. The van der Waals surface area contributed by atoms with Crippen molar-refractivity contribution < 1.29 is 9.47 Å². The molecule has 166 valence electrons. The molecule has 1 aliphatic carbocycles. The molecule has 0 spiro atoms. The Labute approximate surface area is 195 Å². The fraction of sp³-hybridized carbons (Fsp3) is 0.571. The molecular formula is C21H33IN6O2. The lowest BCUT2D eigenvalue weighted by Crippen LogP contribution is -2.38. The molecule has 0 amide bonds. The molecule has 2 N–H and O–H groups in total. The standard InChI is InChI=1S/C21H32N6O2.HI/c1-16-25-26-20(27(16)2)14-24-21(22-11-6-12-28-3)23-13-18-7-4-5-8-19(18)29-15-17-9-10-17;/h4-5,7-8,17H,6,9-15H2,1-3H3,(H2,22,23,24);1H. The lowest BCUT2D eigenvalue weighted by atomic mass is 10.2. The van der Waals surface area contributed by atoms with Gasteiger partial charge >= 0.3 is 0 Å². The Balaban J connectivity index is 0.00000320. The summed E-state index contributed by atoms with van der Waals surface area (Å²) in [5.41, 5.74) is 1.08. The third kappa shape index (κ3) is 7.75. The molecule has 1 heterocycles. The maximum Gasteiger partial charge on any atom is 0.191 e. The van der Waals surface area contributed by atoms with E-state index in [4.69, 9.17) is 14.5 Å². The molecule has 0 aliphatic heterocycles. The molecule has 9 heteroatoms. The summed E-state index contributed by atoms with van der Waals surface area (Å²) in [7, 11) is 3.67. The maximum atomic E-state index is 6.01. The van der Waals surface area contributed by atoms with E-state index >= 15 is 0 Å². The van der Waals surface area contributed by atoms with Crippen LogP contribution in [-0.4, -0.2) is 47.6 Å². The number of hydrogen-bond acceptors (Lipinski definition) is 5. The zero-order valence-electron chi connectivity index (χ0n) is 18.1. The van der Waals surface area contributed by atoms with Crippen LogP contribution in [0.1, 0.15) is 36.5 Å². The van der Waals surface area contributed by atoms with Gasteiger partial charge in [-0.3, -0.25) is 0 Å². The Bertz CT molecular complexity index is 807. The molecule has 8 nitrogen and oxygen atoms in total. The van der Waals surface area contributed by atoms with Crippen molar-refractivity contribution >= 4 is 29.9 Å². The number of para-hydroxylation sites is 1. The van der Waals surface area contributed by atoms with Gasteiger partial charge in [-0.2, -0.15) is 0 Å². The van der Waals surface area contributed by atoms with Gasteiger partial charge in [-0.05, 0) is 38.2 Å². The van der Waals surface area contributed by atoms with Crippen LogP contribution in [0.25, 0.3) is 0 Å². The second-order valence-electron chi connectivity index (χ2n) is 7.38. The Morgan fingerprint density at radius 3 is 2.73 bits per heavy atom. The molecule has 0 saturated heterocycles. The molecule has 2 aromatic rings. The molecule has 30 heavy (non-hydrogen) atoms. The van der Waals surface area contributed by atoms with E-state index < -0.39 is 0 Å². The van der Waals surface area contributed by atoms with Gasteiger partial charge < -0.3 is 24.7 Å². The number of aryl methyl sites for hydroxylation is 1. The first-order chi connectivity index (χ1) is 14.2. The van der Waals surface area contributed by atoms with E-state index in [2.05, 4.69) is 26.9 Å². The van der Waals surface area contributed by atoms with E-state index in [1.165, 1.54) is 12.8 Å². The van der Waals surface area contributed by atoms with Crippen molar-refractivity contribution in [3.05, 3.63) is 41.5 Å². The summed E-state index contributed by atoms with van der Waals surface area (Å²) in [6.07, 6.45) is 3.46. The summed E-state index contributed by atoms with van der Waals surface area (Å²) in [4.78, 5) is 4.76. The minimum atomic E-state index is 0. The first-order valence-electron chi connectivity index (χ1n) is 10.2. The summed E-state index contributed by atoms with van der Waals surface area (Å²) >= 11 is 0. The highest BCUT2D eigenvalue weighted by molar-refractivity contribution is 14.0. The smallest absolute Gasteiger partial charge is 0.191 e. The second kappa shape index (κ2) is 12.7. The number of rotatable bonds is 11. The quantitative estimate of drug-likeness (QED) is 0.202. The van der Waals surface area contributed by atoms with Gasteiger partial charge in [-0.1, -0.05) is 18.2 Å². The highest BCUT2D eigenvalue weighted by atomic mass is 127. The number of methoxy groups -OCH3 is 1. The minimum Gasteiger partial charge on any atom is -0.493 e. The monoisotopic (exact) mass is 528 g/mol. The molecule has 1 aliphatic rings. The number of ether oxygens (including phenoxy) is 2. The Hall–Kier alpha value is -1.88. The van der Waals surface area contributed by atoms with Gasteiger partial charge in [0.1, 0.15) is 11.6 Å². The van der Waals surface area contributed by atoms with Gasteiger partial charge in [0.25, 0.3) is 0 Å². The fourth-order valence-electron chi connectivity index (χ4n) is 2.80. The highest BCUT2D eigenvalue weighted by Crippen LogP contribution is 2.30. The molecular weight excluding hydrogens is 495 g/mol. The van der Waals surface area contributed by atoms with Crippen LogP contribution in [0.3, 0.4) is 0 Å². The van der Waals surface area contributed by atoms with Crippen molar-refractivity contribution in [2.75, 3.05) is 26.9 Å². The second-order valence-corrected chi connectivity index (χ2v) is 7.38. The van der Waals surface area contributed by atoms with Crippen LogP contribution in [0.4, 0.5) is 0 Å². The van der Waals surface area contributed by atoms with Gasteiger partial charge in [0.2, 0.25) is 0 Å². The summed E-state index contributed by atoms with van der Waals surface area (Å²) in [5, 5.41) is 15.0. The van der Waals surface area contributed by atoms with Crippen LogP contribution in [0.15, 0.2) is 29.3 Å². The third-order valence-electron chi connectivity index (χ3n) is 4.97. The third-order valence-corrected chi connectivity index (χ3v) is 4.97. The summed E-state index contributed by atoms with van der Waals surface area (Å²) in [6.45, 7) is 5.31. The highest BCUT2D eigenvalue weighted by Gasteiger charge is 2.22. The first kappa shape index (κ1) is 24.4. The van der Waals surface area contributed by atoms with Gasteiger partial charge in [-0.25, -0.2) is 4.99 Å². The topological polar surface area (TPSA) is 85.6 Å². The average Bonchev–Trinajstić information content (AvgIpc) is 3.51. The number of nitrogens with zero attached hydrogens (tertiary/aromatic N) is 4. The fourth-order valence-corrected chi connectivity index (χ4v) is 2.80. The van der Waals surface area contributed by atoms with Crippen molar-refractivity contribution in [3.8, 4) is 5.75 Å². The number of halogens is 1. The van der Waals surface area contributed by atoms with Crippen molar-refractivity contribution in [1.29, 1.82) is 0 Å². The number of guanidine groups is 1. The molecule has 1 saturated carbocycles. The minimum absolute atomic E-state index is 0. The molecule has 0 radical (unpaired) electrons. The zero-order valence-corrected chi connectivity index (χ0v) is 20.4. The van der Waals surface area contributed by atoms with E-state index in [1.54, 1.807) is 7.11 Å². The lowest BCUT2D eigenvalue weighted by Gasteiger charge is -2.14. The van der Waals surface area contributed by atoms with Crippen LogP contribution in [0.5, 0.6) is 5.75 Å². The number of hydrogen-bond donors (Lipinski definition) is 2. The predicted molar refractivity (Wildman–Crippen MR) is 128 cm³/mol. The van der Waals surface area contributed by atoms with E-state index in [9.17, 15) is 0 Å². The number of aliphatic imine (C=N–C) groups is 1. The summed E-state index contributed by atoms with van der Waals surface area (Å²) in [5.74, 6) is 4.13. The molecule has 0 bridgehead atoms. The van der Waals surface area contributed by atoms with E-state index in [1.807, 2.05) is 36.7 Å². The molecule has 1 aromatic heterocycles. The molecule has 1 aromatic carbocycles. The van der Waals surface area contributed by atoms with Crippen LogP contribution >= 0.6 is 24.0 Å². The van der Waals surface area contributed by atoms with Gasteiger partial charge in [0.15, 0.2) is 11.8 Å². The van der Waals surface area contributed by atoms with Crippen LogP contribution in [0, 0.1) is 12.8 Å². The van der Waals surface area contributed by atoms with Crippen molar-refractivity contribution in [1.82, 2.24) is 25.4 Å². The Morgan fingerprint density at radius 1 is 1.23 bits per heavy atom. The van der Waals surface area contributed by atoms with Crippen LogP contribution in [-0.2, 0) is 24.9 Å². The maximum absolute atomic E-state index is 6.01. The predicted octanol–water partition coefficient (Wildman–Crippen LogP) is 2.80. The SMILES string of the molecule is COCCCNC(=NCc1ccccc1OCC1CC1)NCc1nnc(C)n1C.I. The summed E-state index contributed by atoms with van der Waals surface area (Å²) < 4.78 is 13.1. The van der Waals surface area contributed by atoms with Gasteiger partial charge in [0, 0.05) is 32.9 Å².